The lowest BCUT2D eigenvalue weighted by molar-refractivity contribution is 0.155. The lowest BCUT2D eigenvalue weighted by atomic mass is 10.2. The number of carbonyl (C=O) groups excluding carboxylic acids is 1. The molecular weight excluding hydrogens is 254 g/mol. The number of ether oxygens (including phenoxy) is 1. The van der Waals surface area contributed by atoms with Crippen LogP contribution in [0.15, 0.2) is 61.1 Å². The minimum Gasteiger partial charge on any atom is -0.444 e. The molecule has 0 bridgehead atoms. The number of hydrogen-bond donors (Lipinski definition) is 1. The number of amides is 1. The maximum atomic E-state index is 11.7. The fourth-order valence-electron chi connectivity index (χ4n) is 1.86. The Hall–Kier alpha value is -2.82. The summed E-state index contributed by atoms with van der Waals surface area (Å²) in [6, 6.07) is 13.3. The Balaban J connectivity index is 1.61. The highest BCUT2D eigenvalue weighted by Crippen LogP contribution is 2.09. The first-order valence-electron chi connectivity index (χ1n) is 6.22. The van der Waals surface area contributed by atoms with E-state index >= 15 is 0 Å². The SMILES string of the molecule is O=C(Nc1cnc2cccn2c1)OCc1ccccc1. The summed E-state index contributed by atoms with van der Waals surface area (Å²) in [6.07, 6.45) is 4.75. The molecule has 0 radical (unpaired) electrons. The zero-order valence-corrected chi connectivity index (χ0v) is 10.7. The van der Waals surface area contributed by atoms with Gasteiger partial charge in [0.05, 0.1) is 11.9 Å². The summed E-state index contributed by atoms with van der Waals surface area (Å²) in [6.45, 7) is 0.242. The maximum Gasteiger partial charge on any atom is 0.412 e. The van der Waals surface area contributed by atoms with E-state index in [1.807, 2.05) is 53.1 Å². The van der Waals surface area contributed by atoms with Crippen molar-refractivity contribution in [2.24, 2.45) is 0 Å². The van der Waals surface area contributed by atoms with Crippen LogP contribution in [0.1, 0.15) is 5.56 Å². The molecule has 0 aliphatic heterocycles. The van der Waals surface area contributed by atoms with Crippen molar-refractivity contribution in [2.45, 2.75) is 6.61 Å². The molecule has 1 aromatic carbocycles. The van der Waals surface area contributed by atoms with Crippen LogP contribution in [0.4, 0.5) is 10.5 Å². The number of fused-ring (bicyclic) bond motifs is 1. The molecule has 3 rings (SSSR count). The Morgan fingerprint density at radius 1 is 1.20 bits per heavy atom. The summed E-state index contributed by atoms with van der Waals surface area (Å²) in [5, 5.41) is 2.65. The van der Waals surface area contributed by atoms with Crippen LogP contribution in [0.2, 0.25) is 0 Å². The third kappa shape index (κ3) is 2.77. The molecule has 0 atom stereocenters. The molecule has 5 heteroatoms. The van der Waals surface area contributed by atoms with Crippen molar-refractivity contribution in [3.8, 4) is 0 Å². The van der Waals surface area contributed by atoms with Crippen molar-refractivity contribution >= 4 is 17.4 Å². The van der Waals surface area contributed by atoms with E-state index in [-0.39, 0.29) is 6.61 Å². The summed E-state index contributed by atoms with van der Waals surface area (Å²) in [4.78, 5) is 15.9. The van der Waals surface area contributed by atoms with Crippen LogP contribution < -0.4 is 5.32 Å². The number of nitrogens with zero attached hydrogens (tertiary/aromatic N) is 2. The van der Waals surface area contributed by atoms with Gasteiger partial charge in [-0.25, -0.2) is 9.78 Å². The second kappa shape index (κ2) is 5.44. The zero-order valence-electron chi connectivity index (χ0n) is 10.7. The van der Waals surface area contributed by atoms with Crippen molar-refractivity contribution in [1.82, 2.24) is 9.38 Å². The van der Waals surface area contributed by atoms with Crippen LogP contribution >= 0.6 is 0 Å². The second-order valence-corrected chi connectivity index (χ2v) is 4.30. The molecule has 0 aliphatic rings. The van der Waals surface area contributed by atoms with E-state index in [9.17, 15) is 4.79 Å². The second-order valence-electron chi connectivity index (χ2n) is 4.30. The first-order chi connectivity index (χ1) is 9.81. The van der Waals surface area contributed by atoms with Crippen LogP contribution in [0.3, 0.4) is 0 Å². The minimum atomic E-state index is -0.498. The smallest absolute Gasteiger partial charge is 0.412 e. The number of aromatic nitrogens is 2. The van der Waals surface area contributed by atoms with Gasteiger partial charge in [-0.1, -0.05) is 30.3 Å². The van der Waals surface area contributed by atoms with E-state index in [2.05, 4.69) is 10.3 Å². The van der Waals surface area contributed by atoms with Crippen molar-refractivity contribution in [2.75, 3.05) is 5.32 Å². The highest BCUT2D eigenvalue weighted by atomic mass is 16.5. The molecule has 0 spiro atoms. The van der Waals surface area contributed by atoms with Gasteiger partial charge in [-0.3, -0.25) is 5.32 Å². The van der Waals surface area contributed by atoms with E-state index in [1.54, 1.807) is 12.4 Å². The molecule has 3 aromatic rings. The molecule has 100 valence electrons. The summed E-state index contributed by atoms with van der Waals surface area (Å²) >= 11 is 0. The van der Waals surface area contributed by atoms with Crippen molar-refractivity contribution in [3.05, 3.63) is 66.6 Å². The molecule has 2 aromatic heterocycles. The predicted molar refractivity (Wildman–Crippen MR) is 75.4 cm³/mol. The van der Waals surface area contributed by atoms with Gasteiger partial charge in [0.25, 0.3) is 0 Å². The maximum absolute atomic E-state index is 11.7. The lowest BCUT2D eigenvalue weighted by Gasteiger charge is -2.07. The van der Waals surface area contributed by atoms with Crippen molar-refractivity contribution < 1.29 is 9.53 Å². The summed E-state index contributed by atoms with van der Waals surface area (Å²) in [5.74, 6) is 0. The Morgan fingerprint density at radius 2 is 2.05 bits per heavy atom. The van der Waals surface area contributed by atoms with Crippen LogP contribution in [0.5, 0.6) is 0 Å². The van der Waals surface area contributed by atoms with E-state index in [1.165, 1.54) is 0 Å². The Labute approximate surface area is 115 Å². The predicted octanol–water partition coefficient (Wildman–Crippen LogP) is 3.08. The monoisotopic (exact) mass is 267 g/mol. The number of benzene rings is 1. The fourth-order valence-corrected chi connectivity index (χ4v) is 1.86. The number of rotatable bonds is 3. The Bertz CT molecular complexity index is 722. The van der Waals surface area contributed by atoms with E-state index in [0.717, 1.165) is 11.2 Å². The third-order valence-electron chi connectivity index (χ3n) is 2.83. The van der Waals surface area contributed by atoms with Crippen LogP contribution in [0.25, 0.3) is 5.65 Å². The molecule has 0 unspecified atom stereocenters. The van der Waals surface area contributed by atoms with Gasteiger partial charge in [-0.15, -0.1) is 0 Å². The molecule has 1 amide bonds. The molecule has 1 N–H and O–H groups in total. The first-order valence-corrected chi connectivity index (χ1v) is 6.22. The largest absolute Gasteiger partial charge is 0.444 e. The van der Waals surface area contributed by atoms with Gasteiger partial charge in [-0.05, 0) is 17.7 Å². The summed E-state index contributed by atoms with van der Waals surface area (Å²) in [5.41, 5.74) is 2.36. The highest BCUT2D eigenvalue weighted by molar-refractivity contribution is 5.84. The van der Waals surface area contributed by atoms with E-state index < -0.39 is 6.09 Å². The Kier molecular flexibility index (Phi) is 3.33. The van der Waals surface area contributed by atoms with Crippen LogP contribution in [-0.4, -0.2) is 15.5 Å². The average molecular weight is 267 g/mol. The molecule has 0 saturated heterocycles. The molecular formula is C15H13N3O2. The summed E-state index contributed by atoms with van der Waals surface area (Å²) < 4.78 is 6.96. The van der Waals surface area contributed by atoms with Crippen LogP contribution in [-0.2, 0) is 11.3 Å². The first kappa shape index (κ1) is 12.2. The minimum absolute atomic E-state index is 0.242. The highest BCUT2D eigenvalue weighted by Gasteiger charge is 2.04. The Morgan fingerprint density at radius 3 is 2.90 bits per heavy atom. The fraction of sp³-hybridized carbons (Fsp3) is 0.0667. The lowest BCUT2D eigenvalue weighted by Crippen LogP contribution is -2.14. The van der Waals surface area contributed by atoms with Gasteiger partial charge >= 0.3 is 6.09 Å². The van der Waals surface area contributed by atoms with Gasteiger partial charge in [0, 0.05) is 12.4 Å². The molecule has 5 nitrogen and oxygen atoms in total. The molecule has 0 aliphatic carbocycles. The van der Waals surface area contributed by atoms with Crippen molar-refractivity contribution in [1.29, 1.82) is 0 Å². The quantitative estimate of drug-likeness (QED) is 0.793. The van der Waals surface area contributed by atoms with Crippen LogP contribution in [0, 0.1) is 0 Å². The van der Waals surface area contributed by atoms with Gasteiger partial charge in [0.15, 0.2) is 0 Å². The van der Waals surface area contributed by atoms with E-state index in [0.29, 0.717) is 5.69 Å². The number of carbonyl (C=O) groups is 1. The molecule has 0 fully saturated rings. The molecule has 2 heterocycles. The molecule has 0 saturated carbocycles. The van der Waals surface area contributed by atoms with Gasteiger partial charge in [0.2, 0.25) is 0 Å². The van der Waals surface area contributed by atoms with Gasteiger partial charge < -0.3 is 9.14 Å². The molecule has 20 heavy (non-hydrogen) atoms. The normalized spacial score (nSPS) is 10.4. The van der Waals surface area contributed by atoms with Crippen molar-refractivity contribution in [3.63, 3.8) is 0 Å². The zero-order chi connectivity index (χ0) is 13.8. The van der Waals surface area contributed by atoms with E-state index in [4.69, 9.17) is 4.74 Å². The van der Waals surface area contributed by atoms with Gasteiger partial charge in [-0.2, -0.15) is 0 Å². The average Bonchev–Trinajstić information content (AvgIpc) is 2.94. The topological polar surface area (TPSA) is 55.6 Å². The number of anilines is 1. The standard InChI is InChI=1S/C15H13N3O2/c19-15(20-11-12-5-2-1-3-6-12)17-13-9-16-14-7-4-8-18(14)10-13/h1-10H,11H2,(H,17,19). The van der Waals surface area contributed by atoms with Gasteiger partial charge in [0.1, 0.15) is 12.3 Å². The third-order valence-corrected chi connectivity index (χ3v) is 2.83. The number of nitrogens with one attached hydrogen (secondary N) is 1. The number of hydrogen-bond acceptors (Lipinski definition) is 3. The summed E-state index contributed by atoms with van der Waals surface area (Å²) in [7, 11) is 0.